The van der Waals surface area contributed by atoms with Gasteiger partial charge in [-0.15, -0.1) is 0 Å². The lowest BCUT2D eigenvalue weighted by atomic mass is 9.95. The average molecular weight is 245 g/mol. The number of benzene rings is 1. The fourth-order valence-electron chi connectivity index (χ4n) is 3.11. The van der Waals surface area contributed by atoms with Gasteiger partial charge in [-0.25, -0.2) is 0 Å². The van der Waals surface area contributed by atoms with E-state index in [1.54, 1.807) is 13.2 Å². The maximum absolute atomic E-state index is 12.2. The molecule has 0 aromatic heterocycles. The van der Waals surface area contributed by atoms with E-state index in [9.17, 15) is 4.79 Å². The third-order valence-electron chi connectivity index (χ3n) is 4.23. The molecule has 2 saturated carbocycles. The molecule has 3 atom stereocenters. The number of amides is 1. The van der Waals surface area contributed by atoms with Crippen LogP contribution >= 0.6 is 0 Å². The molecule has 0 saturated heterocycles. The fraction of sp³-hybridized carbons (Fsp3) is 0.533. The summed E-state index contributed by atoms with van der Waals surface area (Å²) >= 11 is 0. The summed E-state index contributed by atoms with van der Waals surface area (Å²) in [5.74, 6) is 2.39. The quantitative estimate of drug-likeness (QED) is 0.889. The Balaban J connectivity index is 1.66. The molecule has 3 heteroatoms. The number of methoxy groups -OCH3 is 1. The van der Waals surface area contributed by atoms with Crippen LogP contribution in [0.1, 0.15) is 36.0 Å². The normalized spacial score (nSPS) is 29.3. The maximum Gasteiger partial charge on any atom is 0.251 e. The Hall–Kier alpha value is -1.51. The van der Waals surface area contributed by atoms with Gasteiger partial charge in [-0.1, -0.05) is 18.9 Å². The molecule has 0 radical (unpaired) electrons. The molecule has 96 valence electrons. The van der Waals surface area contributed by atoms with E-state index in [4.69, 9.17) is 4.74 Å². The molecule has 1 aromatic carbocycles. The molecule has 3 nitrogen and oxygen atoms in total. The maximum atomic E-state index is 12.2. The van der Waals surface area contributed by atoms with Crippen LogP contribution in [0.2, 0.25) is 0 Å². The first kappa shape index (κ1) is 11.6. The van der Waals surface area contributed by atoms with Crippen molar-refractivity contribution in [1.82, 2.24) is 5.32 Å². The van der Waals surface area contributed by atoms with Gasteiger partial charge in [0.15, 0.2) is 0 Å². The smallest absolute Gasteiger partial charge is 0.251 e. The Morgan fingerprint density at radius 3 is 3.11 bits per heavy atom. The first-order valence-electron chi connectivity index (χ1n) is 6.73. The molecule has 0 heterocycles. The number of carbonyl (C=O) groups excluding carboxylic acids is 1. The SMILES string of the molecule is COc1cccc(C(=O)N[C@H]2CCC[C@@H]3C[C@@H]32)c1. The molecule has 2 aliphatic carbocycles. The third-order valence-corrected chi connectivity index (χ3v) is 4.23. The molecule has 1 aromatic rings. The van der Waals surface area contributed by atoms with Gasteiger partial charge in [0.2, 0.25) is 0 Å². The molecule has 0 bridgehead atoms. The van der Waals surface area contributed by atoms with Crippen LogP contribution in [-0.2, 0) is 0 Å². The van der Waals surface area contributed by atoms with E-state index in [0.29, 0.717) is 11.6 Å². The molecule has 0 aliphatic heterocycles. The largest absolute Gasteiger partial charge is 0.497 e. The molecule has 0 spiro atoms. The summed E-state index contributed by atoms with van der Waals surface area (Å²) < 4.78 is 5.14. The van der Waals surface area contributed by atoms with E-state index in [-0.39, 0.29) is 5.91 Å². The number of hydrogen-bond acceptors (Lipinski definition) is 2. The van der Waals surface area contributed by atoms with Crippen LogP contribution in [0.15, 0.2) is 24.3 Å². The number of carbonyl (C=O) groups is 1. The lowest BCUT2D eigenvalue weighted by Crippen LogP contribution is -2.38. The van der Waals surface area contributed by atoms with Crippen molar-refractivity contribution < 1.29 is 9.53 Å². The molecule has 18 heavy (non-hydrogen) atoms. The fourth-order valence-corrected chi connectivity index (χ4v) is 3.11. The van der Waals surface area contributed by atoms with Crippen LogP contribution in [0.25, 0.3) is 0 Å². The Morgan fingerprint density at radius 1 is 1.39 bits per heavy atom. The second-order valence-electron chi connectivity index (χ2n) is 5.40. The number of rotatable bonds is 3. The molecule has 1 amide bonds. The Morgan fingerprint density at radius 2 is 2.28 bits per heavy atom. The standard InChI is InChI=1S/C15H19NO2/c1-18-12-6-2-5-11(8-12)15(17)16-14-7-3-4-10-9-13(10)14/h2,5-6,8,10,13-14H,3-4,7,9H2,1H3,(H,16,17)/t10-,13+,14+/m1/s1. The highest BCUT2D eigenvalue weighted by Crippen LogP contribution is 2.49. The van der Waals surface area contributed by atoms with Crippen LogP contribution in [-0.4, -0.2) is 19.1 Å². The summed E-state index contributed by atoms with van der Waals surface area (Å²) in [4.78, 5) is 12.2. The van der Waals surface area contributed by atoms with E-state index in [0.717, 1.165) is 24.0 Å². The third kappa shape index (κ3) is 2.22. The average Bonchev–Trinajstić information content (AvgIpc) is 3.19. The van der Waals surface area contributed by atoms with Crippen molar-refractivity contribution in [2.24, 2.45) is 11.8 Å². The Bertz CT molecular complexity index is 458. The van der Waals surface area contributed by atoms with Crippen molar-refractivity contribution >= 4 is 5.91 Å². The van der Waals surface area contributed by atoms with E-state index >= 15 is 0 Å². The van der Waals surface area contributed by atoms with Crippen molar-refractivity contribution in [3.8, 4) is 5.75 Å². The molecule has 1 N–H and O–H groups in total. The number of hydrogen-bond donors (Lipinski definition) is 1. The van der Waals surface area contributed by atoms with Crippen molar-refractivity contribution in [3.05, 3.63) is 29.8 Å². The molecule has 3 rings (SSSR count). The summed E-state index contributed by atoms with van der Waals surface area (Å²) in [6.45, 7) is 0. The first-order valence-corrected chi connectivity index (χ1v) is 6.73. The van der Waals surface area contributed by atoms with Crippen LogP contribution in [0, 0.1) is 11.8 Å². The summed E-state index contributed by atoms with van der Waals surface area (Å²) in [6, 6.07) is 7.73. The summed E-state index contributed by atoms with van der Waals surface area (Å²) in [7, 11) is 1.62. The van der Waals surface area contributed by atoms with Crippen LogP contribution < -0.4 is 10.1 Å². The van der Waals surface area contributed by atoms with E-state index in [1.807, 2.05) is 18.2 Å². The zero-order chi connectivity index (χ0) is 12.5. The van der Waals surface area contributed by atoms with Gasteiger partial charge in [-0.3, -0.25) is 4.79 Å². The number of nitrogens with one attached hydrogen (secondary N) is 1. The lowest BCUT2D eigenvalue weighted by molar-refractivity contribution is 0.0923. The lowest BCUT2D eigenvalue weighted by Gasteiger charge is -2.22. The monoisotopic (exact) mass is 245 g/mol. The molecule has 2 fully saturated rings. The molecule has 2 aliphatic rings. The Labute approximate surface area is 108 Å². The summed E-state index contributed by atoms with van der Waals surface area (Å²) in [5.41, 5.74) is 0.692. The summed E-state index contributed by atoms with van der Waals surface area (Å²) in [6.07, 6.45) is 5.06. The summed E-state index contributed by atoms with van der Waals surface area (Å²) in [5, 5.41) is 3.18. The highest BCUT2D eigenvalue weighted by Gasteiger charge is 2.45. The van der Waals surface area contributed by atoms with E-state index < -0.39 is 0 Å². The van der Waals surface area contributed by atoms with Crippen molar-refractivity contribution in [3.63, 3.8) is 0 Å². The van der Waals surface area contributed by atoms with Gasteiger partial charge in [-0.2, -0.15) is 0 Å². The minimum atomic E-state index is 0.0338. The first-order chi connectivity index (χ1) is 8.78. The van der Waals surface area contributed by atoms with Gasteiger partial charge in [0.05, 0.1) is 7.11 Å². The van der Waals surface area contributed by atoms with Gasteiger partial charge >= 0.3 is 0 Å². The van der Waals surface area contributed by atoms with Gasteiger partial charge < -0.3 is 10.1 Å². The predicted octanol–water partition coefficient (Wildman–Crippen LogP) is 2.61. The zero-order valence-corrected chi connectivity index (χ0v) is 10.7. The second kappa shape index (κ2) is 4.63. The topological polar surface area (TPSA) is 38.3 Å². The Kier molecular flexibility index (Phi) is 2.98. The van der Waals surface area contributed by atoms with Gasteiger partial charge in [0.1, 0.15) is 5.75 Å². The van der Waals surface area contributed by atoms with Crippen LogP contribution in [0.4, 0.5) is 0 Å². The minimum Gasteiger partial charge on any atom is -0.497 e. The highest BCUT2D eigenvalue weighted by atomic mass is 16.5. The predicted molar refractivity (Wildman–Crippen MR) is 69.7 cm³/mol. The minimum absolute atomic E-state index is 0.0338. The molecular formula is C15H19NO2. The number of fused-ring (bicyclic) bond motifs is 1. The van der Waals surface area contributed by atoms with Crippen molar-refractivity contribution in [2.75, 3.05) is 7.11 Å². The second-order valence-corrected chi connectivity index (χ2v) is 5.40. The van der Waals surface area contributed by atoms with E-state index in [1.165, 1.54) is 19.3 Å². The highest BCUT2D eigenvalue weighted by molar-refractivity contribution is 5.94. The van der Waals surface area contributed by atoms with Gasteiger partial charge in [0, 0.05) is 11.6 Å². The number of ether oxygens (including phenoxy) is 1. The van der Waals surface area contributed by atoms with Crippen molar-refractivity contribution in [2.45, 2.75) is 31.7 Å². The van der Waals surface area contributed by atoms with Crippen molar-refractivity contribution in [1.29, 1.82) is 0 Å². The van der Waals surface area contributed by atoms with Crippen LogP contribution in [0.3, 0.4) is 0 Å². The molecular weight excluding hydrogens is 226 g/mol. The van der Waals surface area contributed by atoms with Gasteiger partial charge in [0.25, 0.3) is 5.91 Å². The molecule has 0 unspecified atom stereocenters. The zero-order valence-electron chi connectivity index (χ0n) is 10.7. The van der Waals surface area contributed by atoms with Crippen LogP contribution in [0.5, 0.6) is 5.75 Å². The van der Waals surface area contributed by atoms with E-state index in [2.05, 4.69) is 5.32 Å². The van der Waals surface area contributed by atoms with Gasteiger partial charge in [-0.05, 0) is 42.9 Å².